The lowest BCUT2D eigenvalue weighted by Crippen LogP contribution is -2.24. The van der Waals surface area contributed by atoms with Gasteiger partial charge >= 0.3 is 5.97 Å². The van der Waals surface area contributed by atoms with Crippen molar-refractivity contribution >= 4 is 28.9 Å². The standard InChI is InChI=1S/C21H23N3O6/c1-2-29-19-8-4-3-7-17(19)22-20(25)14-30-21(26)16-13-15(24(27)28)9-10-18(16)23-11-5-6-12-23/h3-4,7-10,13H,2,5-6,11-12,14H2,1H3,(H,22,25). The van der Waals surface area contributed by atoms with Gasteiger partial charge in [-0.25, -0.2) is 4.79 Å². The van der Waals surface area contributed by atoms with E-state index in [1.54, 1.807) is 30.3 Å². The van der Waals surface area contributed by atoms with E-state index < -0.39 is 23.4 Å². The van der Waals surface area contributed by atoms with Gasteiger partial charge in [-0.2, -0.15) is 0 Å². The molecule has 1 aliphatic rings. The van der Waals surface area contributed by atoms with Crippen molar-refractivity contribution in [3.05, 3.63) is 58.1 Å². The molecule has 1 fully saturated rings. The quantitative estimate of drug-likeness (QED) is 0.401. The van der Waals surface area contributed by atoms with Crippen LogP contribution in [0.4, 0.5) is 17.1 Å². The lowest BCUT2D eigenvalue weighted by atomic mass is 10.1. The number of nitrogens with one attached hydrogen (secondary N) is 1. The maximum absolute atomic E-state index is 12.6. The highest BCUT2D eigenvalue weighted by Crippen LogP contribution is 2.29. The van der Waals surface area contributed by atoms with Crippen LogP contribution in [0.2, 0.25) is 0 Å². The largest absolute Gasteiger partial charge is 0.492 e. The summed E-state index contributed by atoms with van der Waals surface area (Å²) >= 11 is 0. The van der Waals surface area contributed by atoms with Crippen molar-refractivity contribution in [3.63, 3.8) is 0 Å². The van der Waals surface area contributed by atoms with Crippen LogP contribution < -0.4 is 15.0 Å². The average Bonchev–Trinajstić information content (AvgIpc) is 3.28. The fourth-order valence-electron chi connectivity index (χ4n) is 3.28. The second kappa shape index (κ2) is 9.73. The van der Waals surface area contributed by atoms with E-state index in [1.165, 1.54) is 12.1 Å². The van der Waals surface area contributed by atoms with E-state index in [2.05, 4.69) is 5.32 Å². The van der Waals surface area contributed by atoms with Gasteiger partial charge < -0.3 is 19.7 Å². The van der Waals surface area contributed by atoms with Crippen LogP contribution in [0.25, 0.3) is 0 Å². The second-order valence-electron chi connectivity index (χ2n) is 6.71. The molecular formula is C21H23N3O6. The van der Waals surface area contributed by atoms with Gasteiger partial charge in [-0.15, -0.1) is 0 Å². The monoisotopic (exact) mass is 413 g/mol. The van der Waals surface area contributed by atoms with Crippen LogP contribution in [0.1, 0.15) is 30.1 Å². The third-order valence-corrected chi connectivity index (χ3v) is 4.65. The molecule has 3 rings (SSSR count). The van der Waals surface area contributed by atoms with E-state index >= 15 is 0 Å². The molecule has 0 bridgehead atoms. The zero-order chi connectivity index (χ0) is 21.5. The Labute approximate surface area is 173 Å². The minimum atomic E-state index is -0.783. The summed E-state index contributed by atoms with van der Waals surface area (Å²) in [5.41, 5.74) is 0.910. The van der Waals surface area contributed by atoms with Gasteiger partial charge in [0, 0.05) is 25.2 Å². The molecule has 0 atom stereocenters. The molecule has 1 saturated heterocycles. The van der Waals surface area contributed by atoms with Crippen LogP contribution in [0.15, 0.2) is 42.5 Å². The topological polar surface area (TPSA) is 111 Å². The molecule has 0 aromatic heterocycles. The van der Waals surface area contributed by atoms with Gasteiger partial charge in [0.05, 0.1) is 28.5 Å². The van der Waals surface area contributed by atoms with Crippen molar-refractivity contribution in [1.29, 1.82) is 0 Å². The number of carbonyl (C=O) groups is 2. The number of rotatable bonds is 8. The molecule has 0 spiro atoms. The predicted octanol–water partition coefficient (Wildman–Crippen LogP) is 3.39. The van der Waals surface area contributed by atoms with Gasteiger partial charge in [0.15, 0.2) is 6.61 Å². The van der Waals surface area contributed by atoms with Crippen molar-refractivity contribution in [1.82, 2.24) is 0 Å². The van der Waals surface area contributed by atoms with Gasteiger partial charge in [-0.05, 0) is 38.0 Å². The summed E-state index contributed by atoms with van der Waals surface area (Å²) in [6, 6.07) is 11.0. The first-order valence-corrected chi connectivity index (χ1v) is 9.71. The molecule has 9 nitrogen and oxygen atoms in total. The number of anilines is 2. The van der Waals surface area contributed by atoms with Crippen LogP contribution in [-0.2, 0) is 9.53 Å². The van der Waals surface area contributed by atoms with Gasteiger partial charge in [-0.3, -0.25) is 14.9 Å². The van der Waals surface area contributed by atoms with Crippen molar-refractivity contribution in [2.24, 2.45) is 0 Å². The van der Waals surface area contributed by atoms with Gasteiger partial charge in [-0.1, -0.05) is 12.1 Å². The summed E-state index contributed by atoms with van der Waals surface area (Å²) in [5, 5.41) is 13.8. The smallest absolute Gasteiger partial charge is 0.341 e. The van der Waals surface area contributed by atoms with Crippen LogP contribution in [0.3, 0.4) is 0 Å². The number of esters is 1. The van der Waals surface area contributed by atoms with Crippen molar-refractivity contribution in [2.45, 2.75) is 19.8 Å². The Kier molecular flexibility index (Phi) is 6.84. The normalized spacial score (nSPS) is 13.0. The van der Waals surface area contributed by atoms with Gasteiger partial charge in [0.1, 0.15) is 5.75 Å². The fraction of sp³-hybridized carbons (Fsp3) is 0.333. The number of hydrogen-bond donors (Lipinski definition) is 1. The summed E-state index contributed by atoms with van der Waals surface area (Å²) in [5.74, 6) is -0.813. The molecule has 1 aliphatic heterocycles. The molecule has 158 valence electrons. The number of nitro groups is 1. The first kappa shape index (κ1) is 21.1. The van der Waals surface area contributed by atoms with Crippen molar-refractivity contribution in [3.8, 4) is 5.75 Å². The van der Waals surface area contributed by atoms with E-state index in [0.29, 0.717) is 23.7 Å². The van der Waals surface area contributed by atoms with E-state index in [-0.39, 0.29) is 11.3 Å². The average molecular weight is 413 g/mol. The van der Waals surface area contributed by atoms with Crippen LogP contribution in [0.5, 0.6) is 5.75 Å². The van der Waals surface area contributed by atoms with E-state index in [1.807, 2.05) is 11.8 Å². The summed E-state index contributed by atoms with van der Waals surface area (Å²) in [6.07, 6.45) is 1.96. The number of nitro benzene ring substituents is 1. The number of para-hydroxylation sites is 2. The number of benzene rings is 2. The Bertz CT molecular complexity index is 940. The highest BCUT2D eigenvalue weighted by atomic mass is 16.6. The summed E-state index contributed by atoms with van der Waals surface area (Å²) in [4.78, 5) is 37.4. The van der Waals surface area contributed by atoms with Gasteiger partial charge in [0.2, 0.25) is 0 Å². The minimum absolute atomic E-state index is 0.0774. The van der Waals surface area contributed by atoms with Crippen molar-refractivity contribution < 1.29 is 24.0 Å². The molecule has 9 heteroatoms. The fourth-order valence-corrected chi connectivity index (χ4v) is 3.28. The molecule has 1 heterocycles. The predicted molar refractivity (Wildman–Crippen MR) is 111 cm³/mol. The first-order chi connectivity index (χ1) is 14.5. The zero-order valence-corrected chi connectivity index (χ0v) is 16.6. The highest BCUT2D eigenvalue weighted by Gasteiger charge is 2.24. The third-order valence-electron chi connectivity index (χ3n) is 4.65. The molecule has 1 amide bonds. The molecule has 2 aromatic rings. The molecule has 30 heavy (non-hydrogen) atoms. The van der Waals surface area contributed by atoms with Gasteiger partial charge in [0.25, 0.3) is 11.6 Å². The number of carbonyl (C=O) groups excluding carboxylic acids is 2. The molecule has 0 radical (unpaired) electrons. The highest BCUT2D eigenvalue weighted by molar-refractivity contribution is 5.99. The Morgan fingerprint density at radius 3 is 2.60 bits per heavy atom. The van der Waals surface area contributed by atoms with Crippen LogP contribution >= 0.6 is 0 Å². The number of hydrogen-bond acceptors (Lipinski definition) is 7. The van der Waals surface area contributed by atoms with Crippen LogP contribution in [-0.4, -0.2) is 43.1 Å². The van der Waals surface area contributed by atoms with E-state index in [9.17, 15) is 19.7 Å². The maximum atomic E-state index is 12.6. The second-order valence-corrected chi connectivity index (χ2v) is 6.71. The summed E-state index contributed by atoms with van der Waals surface area (Å²) in [6.45, 7) is 3.26. The molecule has 0 saturated carbocycles. The van der Waals surface area contributed by atoms with E-state index in [4.69, 9.17) is 9.47 Å². The first-order valence-electron chi connectivity index (χ1n) is 9.71. The molecule has 0 aliphatic carbocycles. The zero-order valence-electron chi connectivity index (χ0n) is 16.6. The number of non-ortho nitro benzene ring substituents is 1. The lowest BCUT2D eigenvalue weighted by Gasteiger charge is -2.20. The third kappa shape index (κ3) is 5.05. The maximum Gasteiger partial charge on any atom is 0.341 e. The molecule has 0 unspecified atom stereocenters. The number of amides is 1. The Hall–Kier alpha value is -3.62. The molecule has 2 aromatic carbocycles. The number of ether oxygens (including phenoxy) is 2. The summed E-state index contributed by atoms with van der Waals surface area (Å²) < 4.78 is 10.6. The SMILES string of the molecule is CCOc1ccccc1NC(=O)COC(=O)c1cc([N+](=O)[O-])ccc1N1CCCC1. The minimum Gasteiger partial charge on any atom is -0.492 e. The van der Waals surface area contributed by atoms with Crippen molar-refractivity contribution in [2.75, 3.05) is 36.5 Å². The lowest BCUT2D eigenvalue weighted by molar-refractivity contribution is -0.384. The Morgan fingerprint density at radius 2 is 1.90 bits per heavy atom. The molecular weight excluding hydrogens is 390 g/mol. The molecule has 1 N–H and O–H groups in total. The number of nitrogens with zero attached hydrogens (tertiary/aromatic N) is 2. The Morgan fingerprint density at radius 1 is 1.17 bits per heavy atom. The Balaban J connectivity index is 1.70. The van der Waals surface area contributed by atoms with E-state index in [0.717, 1.165) is 25.9 Å². The summed E-state index contributed by atoms with van der Waals surface area (Å²) in [7, 11) is 0. The van der Waals surface area contributed by atoms with Crippen LogP contribution in [0, 0.1) is 10.1 Å².